The van der Waals surface area contributed by atoms with E-state index in [1.807, 2.05) is 12.3 Å². The highest BCUT2D eigenvalue weighted by atomic mass is 16.5. The number of ether oxygens (including phenoxy) is 1. The third-order valence-electron chi connectivity index (χ3n) is 5.09. The van der Waals surface area contributed by atoms with Crippen molar-refractivity contribution in [2.45, 2.75) is 18.3 Å². The van der Waals surface area contributed by atoms with Crippen LogP contribution in [0.3, 0.4) is 0 Å². The molecule has 0 spiro atoms. The van der Waals surface area contributed by atoms with Gasteiger partial charge in [0.1, 0.15) is 5.75 Å². The predicted molar refractivity (Wildman–Crippen MR) is 94.2 cm³/mol. The molecule has 1 aliphatic heterocycles. The maximum atomic E-state index is 5.39. The molecule has 1 saturated heterocycles. The van der Waals surface area contributed by atoms with Crippen molar-refractivity contribution in [1.29, 1.82) is 0 Å². The lowest BCUT2D eigenvalue weighted by Gasteiger charge is -2.29. The summed E-state index contributed by atoms with van der Waals surface area (Å²) in [5.74, 6) is 0.935. The van der Waals surface area contributed by atoms with E-state index in [9.17, 15) is 0 Å². The van der Waals surface area contributed by atoms with E-state index in [0.29, 0.717) is 0 Å². The predicted octanol–water partition coefficient (Wildman–Crippen LogP) is 3.65. The Hall–Kier alpha value is -2.26. The number of nitrogens with one attached hydrogen (secondary N) is 2. The zero-order valence-corrected chi connectivity index (χ0v) is 13.4. The maximum absolute atomic E-state index is 5.39. The highest BCUT2D eigenvalue weighted by molar-refractivity contribution is 5.80. The molecule has 0 saturated carbocycles. The van der Waals surface area contributed by atoms with Crippen molar-refractivity contribution in [2.75, 3.05) is 20.2 Å². The normalized spacial score (nSPS) is 20.9. The first-order valence-electron chi connectivity index (χ1n) is 8.20. The molecule has 0 radical (unpaired) electrons. The molecule has 0 bridgehead atoms. The van der Waals surface area contributed by atoms with Crippen molar-refractivity contribution < 1.29 is 4.74 Å². The van der Waals surface area contributed by atoms with Crippen LogP contribution >= 0.6 is 0 Å². The molecule has 3 heteroatoms. The summed E-state index contributed by atoms with van der Waals surface area (Å²) >= 11 is 0. The highest BCUT2D eigenvalue weighted by Crippen LogP contribution is 2.36. The molecule has 23 heavy (non-hydrogen) atoms. The molecule has 118 valence electrons. The van der Waals surface area contributed by atoms with Gasteiger partial charge in [0, 0.05) is 23.7 Å². The smallest absolute Gasteiger partial charge is 0.119 e. The quantitative estimate of drug-likeness (QED) is 0.772. The summed E-state index contributed by atoms with van der Waals surface area (Å²) in [5, 5.41) is 4.85. The van der Waals surface area contributed by atoms with Crippen molar-refractivity contribution in [3.8, 4) is 5.75 Å². The Morgan fingerprint density at radius 1 is 1.13 bits per heavy atom. The van der Waals surface area contributed by atoms with E-state index in [1.54, 1.807) is 7.11 Å². The molecule has 1 aromatic heterocycles. The molecule has 3 nitrogen and oxygen atoms in total. The summed E-state index contributed by atoms with van der Waals surface area (Å²) in [5.41, 5.74) is 4.13. The summed E-state index contributed by atoms with van der Waals surface area (Å²) in [6, 6.07) is 17.4. The minimum Gasteiger partial charge on any atom is -0.497 e. The van der Waals surface area contributed by atoms with Crippen LogP contribution in [-0.2, 0) is 11.8 Å². The van der Waals surface area contributed by atoms with Crippen LogP contribution in [0.15, 0.2) is 54.7 Å². The van der Waals surface area contributed by atoms with E-state index in [0.717, 1.165) is 25.3 Å². The molecular formula is C20H22N2O. The summed E-state index contributed by atoms with van der Waals surface area (Å²) in [6.45, 7) is 2.11. The summed E-state index contributed by atoms with van der Waals surface area (Å²) in [7, 11) is 1.73. The Balaban J connectivity index is 1.73. The first kappa shape index (κ1) is 14.3. The Morgan fingerprint density at radius 2 is 2.09 bits per heavy atom. The summed E-state index contributed by atoms with van der Waals surface area (Å²) in [4.78, 5) is 3.28. The van der Waals surface area contributed by atoms with Gasteiger partial charge in [0.05, 0.1) is 7.11 Å². The van der Waals surface area contributed by atoms with Gasteiger partial charge in [0.15, 0.2) is 0 Å². The fraction of sp³-hybridized carbons (Fsp3) is 0.300. The Kier molecular flexibility index (Phi) is 3.58. The van der Waals surface area contributed by atoms with Gasteiger partial charge in [0.2, 0.25) is 0 Å². The van der Waals surface area contributed by atoms with E-state index in [4.69, 9.17) is 4.74 Å². The number of hydrogen-bond acceptors (Lipinski definition) is 2. The molecule has 0 unspecified atom stereocenters. The zero-order chi connectivity index (χ0) is 15.7. The molecular weight excluding hydrogens is 284 g/mol. The molecule has 0 aliphatic carbocycles. The third-order valence-corrected chi connectivity index (χ3v) is 5.09. The van der Waals surface area contributed by atoms with Crippen LogP contribution in [0.25, 0.3) is 10.9 Å². The molecule has 2 heterocycles. The van der Waals surface area contributed by atoms with Gasteiger partial charge in [-0.2, -0.15) is 0 Å². The minimum absolute atomic E-state index is 0.165. The monoisotopic (exact) mass is 306 g/mol. The van der Waals surface area contributed by atoms with Gasteiger partial charge in [-0.05, 0) is 66.2 Å². The van der Waals surface area contributed by atoms with Crippen LogP contribution in [0.1, 0.15) is 17.5 Å². The number of aromatic nitrogens is 1. The number of rotatable bonds is 4. The second kappa shape index (κ2) is 5.74. The molecule has 1 atom stereocenters. The fourth-order valence-electron chi connectivity index (χ4n) is 3.80. The number of aromatic amines is 1. The Bertz CT molecular complexity index is 815. The number of fused-ring (bicyclic) bond motifs is 1. The average molecular weight is 306 g/mol. The van der Waals surface area contributed by atoms with Crippen molar-refractivity contribution in [2.24, 2.45) is 0 Å². The topological polar surface area (TPSA) is 37.0 Å². The van der Waals surface area contributed by atoms with Crippen LogP contribution in [0.4, 0.5) is 0 Å². The number of methoxy groups -OCH3 is 1. The fourth-order valence-corrected chi connectivity index (χ4v) is 3.80. The second-order valence-corrected chi connectivity index (χ2v) is 6.52. The van der Waals surface area contributed by atoms with Crippen molar-refractivity contribution in [3.63, 3.8) is 0 Å². The average Bonchev–Trinajstić information content (AvgIpc) is 3.24. The molecule has 1 aliphatic rings. The highest BCUT2D eigenvalue weighted by Gasteiger charge is 2.35. The van der Waals surface area contributed by atoms with Gasteiger partial charge in [-0.25, -0.2) is 0 Å². The lowest BCUT2D eigenvalue weighted by molar-refractivity contribution is 0.412. The molecule has 3 aromatic rings. The molecule has 2 N–H and O–H groups in total. The van der Waals surface area contributed by atoms with Gasteiger partial charge in [-0.15, -0.1) is 0 Å². The molecule has 2 aromatic carbocycles. The standard InChI is InChI=1S/C20H22N2O/c1-23-18-4-2-3-15(11-18)13-20(8-10-21-14-20)17-5-6-19-16(12-17)7-9-22-19/h2-7,9,11-12,21-22H,8,10,13-14H2,1H3/t20-/m1/s1. The van der Waals surface area contributed by atoms with Crippen molar-refractivity contribution >= 4 is 10.9 Å². The minimum atomic E-state index is 0.165. The van der Waals surface area contributed by atoms with Gasteiger partial charge in [-0.3, -0.25) is 0 Å². The van der Waals surface area contributed by atoms with E-state index in [2.05, 4.69) is 52.8 Å². The number of H-pyrrole nitrogens is 1. The Morgan fingerprint density at radius 3 is 2.91 bits per heavy atom. The summed E-state index contributed by atoms with van der Waals surface area (Å²) < 4.78 is 5.39. The van der Waals surface area contributed by atoms with Crippen LogP contribution in [0.2, 0.25) is 0 Å². The first-order chi connectivity index (χ1) is 11.3. The van der Waals surface area contributed by atoms with E-state index < -0.39 is 0 Å². The van der Waals surface area contributed by atoms with Crippen molar-refractivity contribution in [3.05, 3.63) is 65.9 Å². The SMILES string of the molecule is COc1cccc(C[C@]2(c3ccc4[nH]ccc4c3)CCNC2)c1. The summed E-state index contributed by atoms with van der Waals surface area (Å²) in [6.07, 6.45) is 4.21. The zero-order valence-electron chi connectivity index (χ0n) is 13.4. The van der Waals surface area contributed by atoms with Gasteiger partial charge in [-0.1, -0.05) is 18.2 Å². The molecule has 0 amide bonds. The van der Waals surface area contributed by atoms with Crippen LogP contribution in [0, 0.1) is 0 Å². The van der Waals surface area contributed by atoms with Gasteiger partial charge < -0.3 is 15.0 Å². The Labute approximate surface area is 136 Å². The first-order valence-corrected chi connectivity index (χ1v) is 8.20. The largest absolute Gasteiger partial charge is 0.497 e. The van der Waals surface area contributed by atoms with Crippen LogP contribution < -0.4 is 10.1 Å². The van der Waals surface area contributed by atoms with E-state index in [1.165, 1.54) is 28.5 Å². The third kappa shape index (κ3) is 2.62. The second-order valence-electron chi connectivity index (χ2n) is 6.52. The maximum Gasteiger partial charge on any atom is 0.119 e. The van der Waals surface area contributed by atoms with Crippen LogP contribution in [-0.4, -0.2) is 25.2 Å². The van der Waals surface area contributed by atoms with Crippen LogP contribution in [0.5, 0.6) is 5.75 Å². The van der Waals surface area contributed by atoms with Crippen molar-refractivity contribution in [1.82, 2.24) is 10.3 Å². The number of benzene rings is 2. The lowest BCUT2D eigenvalue weighted by Crippen LogP contribution is -2.31. The number of hydrogen-bond donors (Lipinski definition) is 2. The molecule has 1 fully saturated rings. The van der Waals surface area contributed by atoms with E-state index in [-0.39, 0.29) is 5.41 Å². The lowest BCUT2D eigenvalue weighted by atomic mass is 9.74. The van der Waals surface area contributed by atoms with E-state index >= 15 is 0 Å². The van der Waals surface area contributed by atoms with Gasteiger partial charge in [0.25, 0.3) is 0 Å². The van der Waals surface area contributed by atoms with Gasteiger partial charge >= 0.3 is 0 Å². The molecule has 4 rings (SSSR count).